The van der Waals surface area contributed by atoms with Gasteiger partial charge in [-0.2, -0.15) is 0 Å². The molecule has 3 rings (SSSR count). The van der Waals surface area contributed by atoms with Crippen molar-refractivity contribution < 1.29 is 5.11 Å². The molecule has 0 aliphatic carbocycles. The van der Waals surface area contributed by atoms with Crippen molar-refractivity contribution in [3.8, 4) is 11.1 Å². The fourth-order valence-corrected chi connectivity index (χ4v) is 2.81. The molecule has 0 saturated carbocycles. The summed E-state index contributed by atoms with van der Waals surface area (Å²) in [4.78, 5) is 0. The lowest BCUT2D eigenvalue weighted by Crippen LogP contribution is -2.34. The van der Waals surface area contributed by atoms with Crippen LogP contribution in [0.15, 0.2) is 84.9 Å². The van der Waals surface area contributed by atoms with Gasteiger partial charge in [-0.15, -0.1) is 0 Å². The van der Waals surface area contributed by atoms with E-state index in [0.29, 0.717) is 0 Å². The van der Waals surface area contributed by atoms with Gasteiger partial charge in [0.2, 0.25) is 0 Å². The van der Waals surface area contributed by atoms with Crippen LogP contribution in [0.4, 0.5) is 0 Å². The summed E-state index contributed by atoms with van der Waals surface area (Å²) >= 11 is 0. The van der Waals surface area contributed by atoms with Gasteiger partial charge in [0, 0.05) is 12.6 Å². The first kappa shape index (κ1) is 16.4. The van der Waals surface area contributed by atoms with Crippen LogP contribution < -0.4 is 5.32 Å². The molecule has 2 heteroatoms. The lowest BCUT2D eigenvalue weighted by atomic mass is 10.0. The van der Waals surface area contributed by atoms with E-state index in [1.165, 1.54) is 22.3 Å². The van der Waals surface area contributed by atoms with Gasteiger partial charge in [-0.25, -0.2) is 0 Å². The van der Waals surface area contributed by atoms with Crippen LogP contribution in [0.5, 0.6) is 0 Å². The minimum Gasteiger partial charge on any atom is -0.395 e. The van der Waals surface area contributed by atoms with E-state index in [-0.39, 0.29) is 12.6 Å². The van der Waals surface area contributed by atoms with Crippen LogP contribution in [0.1, 0.15) is 11.1 Å². The molecule has 1 atom stereocenters. The summed E-state index contributed by atoms with van der Waals surface area (Å²) in [5.74, 6) is 0. The molecule has 0 amide bonds. The molecule has 0 aromatic heterocycles. The maximum Gasteiger partial charge on any atom is 0.0587 e. The summed E-state index contributed by atoms with van der Waals surface area (Å²) in [5, 5.41) is 13.0. The summed E-state index contributed by atoms with van der Waals surface area (Å²) < 4.78 is 0. The van der Waals surface area contributed by atoms with Crippen LogP contribution in [0, 0.1) is 0 Å². The number of hydrogen-bond donors (Lipinski definition) is 2. The van der Waals surface area contributed by atoms with Crippen molar-refractivity contribution in [2.75, 3.05) is 6.61 Å². The van der Waals surface area contributed by atoms with Gasteiger partial charge < -0.3 is 10.4 Å². The smallest absolute Gasteiger partial charge is 0.0587 e. The van der Waals surface area contributed by atoms with Gasteiger partial charge in [0.25, 0.3) is 0 Å². The molecule has 0 unspecified atom stereocenters. The van der Waals surface area contributed by atoms with E-state index in [2.05, 4.69) is 66.0 Å². The Morgan fingerprint density at radius 3 is 1.88 bits per heavy atom. The van der Waals surface area contributed by atoms with E-state index < -0.39 is 0 Å². The fraction of sp³-hybridized carbons (Fsp3) is 0.182. The average Bonchev–Trinajstić information content (AvgIpc) is 2.67. The van der Waals surface area contributed by atoms with Crippen molar-refractivity contribution in [2.45, 2.75) is 19.0 Å². The van der Waals surface area contributed by atoms with Crippen LogP contribution in [-0.2, 0) is 13.0 Å². The zero-order valence-corrected chi connectivity index (χ0v) is 13.7. The van der Waals surface area contributed by atoms with E-state index in [1.54, 1.807) is 0 Å². The monoisotopic (exact) mass is 317 g/mol. The molecule has 0 aliphatic rings. The number of benzene rings is 3. The standard InChI is InChI=1S/C22H23NO/c24-17-22(15-18-7-3-1-4-8-18)23-16-19-11-13-21(14-12-19)20-9-5-2-6-10-20/h1-14,22-24H,15-17H2/t22-/m1/s1. The quantitative estimate of drug-likeness (QED) is 0.689. The summed E-state index contributed by atoms with van der Waals surface area (Å²) in [5.41, 5.74) is 4.92. The first-order valence-electron chi connectivity index (χ1n) is 8.37. The molecule has 0 spiro atoms. The van der Waals surface area contributed by atoms with Crippen molar-refractivity contribution in [1.82, 2.24) is 5.32 Å². The van der Waals surface area contributed by atoms with Gasteiger partial charge in [0.15, 0.2) is 0 Å². The first-order valence-corrected chi connectivity index (χ1v) is 8.37. The van der Waals surface area contributed by atoms with Crippen molar-refractivity contribution in [3.63, 3.8) is 0 Å². The number of aliphatic hydroxyl groups excluding tert-OH is 1. The molecule has 0 heterocycles. The third kappa shape index (κ3) is 4.54. The minimum absolute atomic E-state index is 0.0706. The average molecular weight is 317 g/mol. The molecule has 3 aromatic rings. The summed E-state index contributed by atoms with van der Waals surface area (Å²) in [6.07, 6.45) is 0.833. The third-order valence-electron chi connectivity index (χ3n) is 4.20. The molecule has 0 bridgehead atoms. The maximum absolute atomic E-state index is 9.60. The second-order valence-electron chi connectivity index (χ2n) is 6.01. The van der Waals surface area contributed by atoms with Gasteiger partial charge >= 0.3 is 0 Å². The molecule has 0 fully saturated rings. The maximum atomic E-state index is 9.60. The summed E-state index contributed by atoms with van der Waals surface area (Å²) in [7, 11) is 0. The largest absolute Gasteiger partial charge is 0.395 e. The minimum atomic E-state index is 0.0706. The van der Waals surface area contributed by atoms with Crippen LogP contribution in [-0.4, -0.2) is 17.8 Å². The lowest BCUT2D eigenvalue weighted by Gasteiger charge is -2.16. The van der Waals surface area contributed by atoms with E-state index >= 15 is 0 Å². The zero-order valence-electron chi connectivity index (χ0n) is 13.7. The van der Waals surface area contributed by atoms with Crippen molar-refractivity contribution in [1.29, 1.82) is 0 Å². The molecule has 0 aliphatic heterocycles. The number of aliphatic hydroxyl groups is 1. The predicted octanol–water partition coefficient (Wildman–Crippen LogP) is 4.05. The van der Waals surface area contributed by atoms with E-state index in [1.807, 2.05) is 24.3 Å². The van der Waals surface area contributed by atoms with Crippen molar-refractivity contribution in [3.05, 3.63) is 96.1 Å². The van der Waals surface area contributed by atoms with Crippen LogP contribution in [0.3, 0.4) is 0 Å². The van der Waals surface area contributed by atoms with Gasteiger partial charge in [0.1, 0.15) is 0 Å². The Labute approximate surface area is 143 Å². The molecule has 0 saturated heterocycles. The summed E-state index contributed by atoms with van der Waals surface area (Å²) in [6, 6.07) is 29.3. The van der Waals surface area contributed by atoms with Gasteiger partial charge in [-0.05, 0) is 28.7 Å². The van der Waals surface area contributed by atoms with E-state index in [4.69, 9.17) is 0 Å². The van der Waals surface area contributed by atoms with E-state index in [0.717, 1.165) is 13.0 Å². The van der Waals surface area contributed by atoms with Crippen molar-refractivity contribution >= 4 is 0 Å². The normalized spacial score (nSPS) is 12.0. The van der Waals surface area contributed by atoms with Gasteiger partial charge in [0.05, 0.1) is 6.61 Å². The highest BCUT2D eigenvalue weighted by atomic mass is 16.3. The molecule has 2 N–H and O–H groups in total. The zero-order chi connectivity index (χ0) is 16.6. The molecular weight excluding hydrogens is 294 g/mol. The molecule has 0 radical (unpaired) electrons. The predicted molar refractivity (Wildman–Crippen MR) is 99.7 cm³/mol. The highest BCUT2D eigenvalue weighted by molar-refractivity contribution is 5.63. The lowest BCUT2D eigenvalue weighted by molar-refractivity contribution is 0.241. The van der Waals surface area contributed by atoms with Crippen LogP contribution in [0.2, 0.25) is 0 Å². The third-order valence-corrected chi connectivity index (χ3v) is 4.20. The van der Waals surface area contributed by atoms with E-state index in [9.17, 15) is 5.11 Å². The first-order chi connectivity index (χ1) is 11.8. The Hall–Kier alpha value is -2.42. The van der Waals surface area contributed by atoms with Gasteiger partial charge in [-0.3, -0.25) is 0 Å². The SMILES string of the molecule is OC[C@@H](Cc1ccccc1)NCc1ccc(-c2ccccc2)cc1. The number of hydrogen-bond acceptors (Lipinski definition) is 2. The highest BCUT2D eigenvalue weighted by Crippen LogP contribution is 2.19. The van der Waals surface area contributed by atoms with Gasteiger partial charge in [-0.1, -0.05) is 84.9 Å². The summed E-state index contributed by atoms with van der Waals surface area (Å²) in [6.45, 7) is 0.893. The Bertz CT molecular complexity index is 723. The fourth-order valence-electron chi connectivity index (χ4n) is 2.81. The molecule has 122 valence electrons. The van der Waals surface area contributed by atoms with Crippen LogP contribution in [0.25, 0.3) is 11.1 Å². The second-order valence-corrected chi connectivity index (χ2v) is 6.01. The second kappa shape index (κ2) is 8.44. The van der Waals surface area contributed by atoms with Crippen molar-refractivity contribution in [2.24, 2.45) is 0 Å². The van der Waals surface area contributed by atoms with Crippen LogP contribution >= 0.6 is 0 Å². The number of rotatable bonds is 7. The Kier molecular flexibility index (Phi) is 5.78. The number of nitrogens with one attached hydrogen (secondary N) is 1. The molecule has 24 heavy (non-hydrogen) atoms. The Balaban J connectivity index is 1.57. The molecule has 3 aromatic carbocycles. The Morgan fingerprint density at radius 2 is 1.25 bits per heavy atom. The Morgan fingerprint density at radius 1 is 0.667 bits per heavy atom. The highest BCUT2D eigenvalue weighted by Gasteiger charge is 2.08. The molecular formula is C22H23NO. The molecule has 2 nitrogen and oxygen atoms in total. The topological polar surface area (TPSA) is 32.3 Å².